The minimum Gasteiger partial charge on any atom is -0.448 e. The molecule has 0 radical (unpaired) electrons. The average molecular weight is 604 g/mol. The van der Waals surface area contributed by atoms with Crippen molar-refractivity contribution in [3.63, 3.8) is 0 Å². The summed E-state index contributed by atoms with van der Waals surface area (Å²) in [4.78, 5) is 30.2. The zero-order chi connectivity index (χ0) is 31.8. The molecule has 1 amide bonds. The summed E-state index contributed by atoms with van der Waals surface area (Å²) in [5.74, 6) is -0.220. The van der Waals surface area contributed by atoms with E-state index in [0.717, 1.165) is 12.0 Å². The van der Waals surface area contributed by atoms with Crippen molar-refractivity contribution in [2.24, 2.45) is 16.2 Å². The van der Waals surface area contributed by atoms with Crippen molar-refractivity contribution in [3.05, 3.63) is 96.1 Å². The Hall–Kier alpha value is -3.70. The lowest BCUT2D eigenvalue weighted by atomic mass is 9.65. The summed E-state index contributed by atoms with van der Waals surface area (Å²) in [5.41, 5.74) is -0.359. The van der Waals surface area contributed by atoms with Gasteiger partial charge in [0.2, 0.25) is 0 Å². The zero-order valence-electron chi connectivity index (χ0n) is 27.4. The van der Waals surface area contributed by atoms with E-state index >= 15 is 0 Å². The van der Waals surface area contributed by atoms with E-state index in [2.05, 4.69) is 106 Å². The topological polar surface area (TPSA) is 55.8 Å². The Morgan fingerprint density at radius 1 is 0.889 bits per heavy atom. The molecule has 2 saturated heterocycles. The van der Waals surface area contributed by atoms with Crippen LogP contribution in [0.1, 0.15) is 77.8 Å². The van der Waals surface area contributed by atoms with Crippen molar-refractivity contribution in [1.29, 1.82) is 0 Å². The third-order valence-corrected chi connectivity index (χ3v) is 11.8. The zero-order valence-corrected chi connectivity index (χ0v) is 27.4. The van der Waals surface area contributed by atoms with Crippen molar-refractivity contribution < 1.29 is 19.1 Å². The van der Waals surface area contributed by atoms with Gasteiger partial charge < -0.3 is 14.4 Å². The quantitative estimate of drug-likeness (QED) is 0.215. The predicted molar refractivity (Wildman–Crippen MR) is 179 cm³/mol. The molecule has 0 spiro atoms. The van der Waals surface area contributed by atoms with Crippen LogP contribution in [0.4, 0.5) is 0 Å². The maximum absolute atomic E-state index is 15.0. The molecule has 1 saturated carbocycles. The van der Waals surface area contributed by atoms with Gasteiger partial charge in [0.05, 0.1) is 24.2 Å². The fourth-order valence-corrected chi connectivity index (χ4v) is 8.75. The molecule has 2 bridgehead atoms. The van der Waals surface area contributed by atoms with E-state index in [0.29, 0.717) is 26.0 Å². The Labute approximate surface area is 266 Å². The first-order chi connectivity index (χ1) is 21.4. The summed E-state index contributed by atoms with van der Waals surface area (Å²) in [7, 11) is 0. The fourth-order valence-electron chi connectivity index (χ4n) is 8.75. The third-order valence-electron chi connectivity index (χ3n) is 11.8. The second-order valence-electron chi connectivity index (χ2n) is 15.4. The molecule has 3 aliphatic rings. The van der Waals surface area contributed by atoms with Crippen LogP contribution < -0.4 is 0 Å². The van der Waals surface area contributed by atoms with Gasteiger partial charge in [0.1, 0.15) is 0 Å². The fraction of sp³-hybridized carbons (Fsp3) is 0.450. The van der Waals surface area contributed by atoms with Gasteiger partial charge in [0.15, 0.2) is 5.60 Å². The van der Waals surface area contributed by atoms with Gasteiger partial charge in [-0.25, -0.2) is 0 Å². The summed E-state index contributed by atoms with van der Waals surface area (Å²) < 4.78 is 13.2. The molecule has 4 aromatic rings. The Kier molecular flexibility index (Phi) is 6.94. The van der Waals surface area contributed by atoms with Gasteiger partial charge in [-0.15, -0.1) is 0 Å². The first-order valence-corrected chi connectivity index (χ1v) is 16.5. The molecule has 1 unspecified atom stereocenters. The van der Waals surface area contributed by atoms with E-state index in [1.807, 2.05) is 25.7 Å². The first-order valence-electron chi connectivity index (χ1n) is 16.5. The van der Waals surface area contributed by atoms with Crippen molar-refractivity contribution in [3.8, 4) is 0 Å². The molecule has 0 N–H and O–H groups in total. The molecular formula is C40H45NO4. The normalized spacial score (nSPS) is 29.3. The molecule has 1 aliphatic carbocycles. The van der Waals surface area contributed by atoms with Crippen LogP contribution in [0.5, 0.6) is 0 Å². The molecule has 2 aliphatic heterocycles. The molecule has 5 heteroatoms. The van der Waals surface area contributed by atoms with E-state index in [1.165, 1.54) is 27.1 Å². The van der Waals surface area contributed by atoms with Gasteiger partial charge in [-0.05, 0) is 70.3 Å². The number of nitrogens with zero attached hydrogens (tertiary/aromatic N) is 1. The van der Waals surface area contributed by atoms with E-state index in [-0.39, 0.29) is 35.4 Å². The molecular weight excluding hydrogens is 558 g/mol. The van der Waals surface area contributed by atoms with Gasteiger partial charge in [-0.1, -0.05) is 113 Å². The third kappa shape index (κ3) is 4.45. The number of piperidine rings is 1. The molecule has 5 nitrogen and oxygen atoms in total. The summed E-state index contributed by atoms with van der Waals surface area (Å²) in [6.07, 6.45) is 1.71. The van der Waals surface area contributed by atoms with Gasteiger partial charge in [0, 0.05) is 17.9 Å². The molecule has 4 aromatic carbocycles. The number of ether oxygens (including phenoxy) is 2. The Morgan fingerprint density at radius 2 is 1.58 bits per heavy atom. The van der Waals surface area contributed by atoms with Crippen molar-refractivity contribution in [2.75, 3.05) is 6.54 Å². The largest absolute Gasteiger partial charge is 0.448 e. The molecule has 7 rings (SSSR count). The minimum atomic E-state index is -1.16. The minimum absolute atomic E-state index is 0.0577. The summed E-state index contributed by atoms with van der Waals surface area (Å²) >= 11 is 0. The van der Waals surface area contributed by atoms with Crippen molar-refractivity contribution in [1.82, 2.24) is 4.90 Å². The van der Waals surface area contributed by atoms with Crippen LogP contribution in [-0.4, -0.2) is 41.1 Å². The number of likely N-dealkylation sites (tertiary alicyclic amines) is 1. The maximum Gasteiger partial charge on any atom is 0.313 e. The Balaban J connectivity index is 1.31. The number of amides is 1. The number of esters is 1. The summed E-state index contributed by atoms with van der Waals surface area (Å²) in [5, 5.41) is 4.82. The van der Waals surface area contributed by atoms with Gasteiger partial charge in [0.25, 0.3) is 5.91 Å². The smallest absolute Gasteiger partial charge is 0.313 e. The summed E-state index contributed by atoms with van der Waals surface area (Å²) in [6, 6.07) is 29.7. The second kappa shape index (κ2) is 10.4. The molecule has 2 heterocycles. The van der Waals surface area contributed by atoms with Crippen LogP contribution in [0.15, 0.2) is 84.9 Å². The molecule has 0 aromatic heterocycles. The number of fused-ring (bicyclic) bond motifs is 4. The van der Waals surface area contributed by atoms with E-state index in [1.54, 1.807) is 0 Å². The number of rotatable bonds is 5. The average Bonchev–Trinajstić information content (AvgIpc) is 3.32. The van der Waals surface area contributed by atoms with Crippen molar-refractivity contribution in [2.45, 2.75) is 91.1 Å². The molecule has 3 fully saturated rings. The van der Waals surface area contributed by atoms with Crippen LogP contribution in [0.25, 0.3) is 21.5 Å². The van der Waals surface area contributed by atoms with Crippen LogP contribution >= 0.6 is 0 Å². The van der Waals surface area contributed by atoms with E-state index in [4.69, 9.17) is 9.47 Å². The number of carbonyl (C=O) groups is 2. The molecule has 234 valence electrons. The van der Waals surface area contributed by atoms with Crippen LogP contribution in [0.3, 0.4) is 0 Å². The SMILES string of the molecule is CC(C)(C)C1[C@@H](OCc2ccc3ccccc3c2)[C@H](c2cccc3ccccc23)CCN1C(=O)[C@@]12CC[C@@](C)(C(=O)O1)C2(C)C. The van der Waals surface area contributed by atoms with Crippen LogP contribution in [-0.2, 0) is 25.7 Å². The highest BCUT2D eigenvalue weighted by Gasteiger charge is 2.76. The Morgan fingerprint density at radius 3 is 2.27 bits per heavy atom. The second-order valence-corrected chi connectivity index (χ2v) is 15.4. The standard InChI is InChI=1S/C40H45NO4/c1-37(2,3)34-33(44-25-26-18-19-27-12-7-8-14-29(27)24-26)32(31-17-11-15-28-13-9-10-16-30(28)31)20-23-41(34)35(42)40-22-21-39(6,36(43)45-40)38(40,4)5/h7-19,24,32-34H,20-23,25H2,1-6H3/t32-,33-,34?,39-,40+/m0/s1. The number of carbonyl (C=O) groups excluding carboxylic acids is 2. The molecule has 45 heavy (non-hydrogen) atoms. The van der Waals surface area contributed by atoms with Crippen molar-refractivity contribution >= 4 is 33.4 Å². The van der Waals surface area contributed by atoms with Gasteiger partial charge in [-0.2, -0.15) is 0 Å². The Bertz CT molecular complexity index is 1800. The summed E-state index contributed by atoms with van der Waals surface area (Å²) in [6.45, 7) is 13.7. The monoisotopic (exact) mass is 603 g/mol. The van der Waals surface area contributed by atoms with Crippen LogP contribution in [0.2, 0.25) is 0 Å². The molecule has 5 atom stereocenters. The highest BCUT2D eigenvalue weighted by atomic mass is 16.6. The lowest BCUT2D eigenvalue weighted by molar-refractivity contribution is -0.184. The van der Waals surface area contributed by atoms with Crippen LogP contribution in [0, 0.1) is 16.2 Å². The number of benzene rings is 4. The lowest BCUT2D eigenvalue weighted by Gasteiger charge is -2.53. The number of hydrogen-bond acceptors (Lipinski definition) is 4. The van der Waals surface area contributed by atoms with E-state index in [9.17, 15) is 9.59 Å². The lowest BCUT2D eigenvalue weighted by Crippen LogP contribution is -2.65. The van der Waals surface area contributed by atoms with Gasteiger partial charge in [-0.3, -0.25) is 9.59 Å². The highest BCUT2D eigenvalue weighted by molar-refractivity contribution is 5.96. The first kappa shape index (κ1) is 30.0. The van der Waals surface area contributed by atoms with E-state index < -0.39 is 16.4 Å². The maximum atomic E-state index is 15.0. The highest BCUT2D eigenvalue weighted by Crippen LogP contribution is 2.66. The van der Waals surface area contributed by atoms with Gasteiger partial charge >= 0.3 is 5.97 Å². The predicted octanol–water partition coefficient (Wildman–Crippen LogP) is 8.43. The number of hydrogen-bond donors (Lipinski definition) is 0.